The molecule has 1 aliphatic rings. The fourth-order valence-corrected chi connectivity index (χ4v) is 4.36. The Morgan fingerprint density at radius 1 is 1.29 bits per heavy atom. The molecule has 1 saturated carbocycles. The molecule has 3 unspecified atom stereocenters. The molecule has 118 valence electrons. The minimum Gasteiger partial charge on any atom is -0.495 e. The summed E-state index contributed by atoms with van der Waals surface area (Å²) in [4.78, 5) is 0.194. The molecule has 1 aromatic carbocycles. The van der Waals surface area contributed by atoms with E-state index in [4.69, 9.17) is 10.5 Å². The van der Waals surface area contributed by atoms with Crippen LogP contribution in [0.15, 0.2) is 23.1 Å². The van der Waals surface area contributed by atoms with Crippen molar-refractivity contribution in [1.82, 2.24) is 4.72 Å². The average molecular weight is 312 g/mol. The smallest absolute Gasteiger partial charge is 0.240 e. The third-order valence-electron chi connectivity index (χ3n) is 4.25. The minimum atomic E-state index is -3.55. The van der Waals surface area contributed by atoms with Crippen LogP contribution in [-0.2, 0) is 10.0 Å². The molecule has 0 aliphatic heterocycles. The zero-order valence-electron chi connectivity index (χ0n) is 12.8. The van der Waals surface area contributed by atoms with Gasteiger partial charge in [0.2, 0.25) is 10.0 Å². The van der Waals surface area contributed by atoms with Crippen LogP contribution >= 0.6 is 0 Å². The quantitative estimate of drug-likeness (QED) is 0.836. The largest absolute Gasteiger partial charge is 0.495 e. The van der Waals surface area contributed by atoms with E-state index in [0.29, 0.717) is 23.3 Å². The summed E-state index contributed by atoms with van der Waals surface area (Å²) in [6, 6.07) is 4.53. The lowest BCUT2D eigenvalue weighted by Crippen LogP contribution is -2.42. The second-order valence-electron chi connectivity index (χ2n) is 6.03. The van der Waals surface area contributed by atoms with Crippen LogP contribution in [0.4, 0.5) is 5.69 Å². The van der Waals surface area contributed by atoms with Gasteiger partial charge in [-0.1, -0.05) is 13.8 Å². The number of benzene rings is 1. The lowest BCUT2D eigenvalue weighted by molar-refractivity contribution is 0.249. The monoisotopic (exact) mass is 312 g/mol. The zero-order valence-corrected chi connectivity index (χ0v) is 13.6. The van der Waals surface area contributed by atoms with E-state index in [-0.39, 0.29) is 10.9 Å². The van der Waals surface area contributed by atoms with Crippen molar-refractivity contribution in [1.29, 1.82) is 0 Å². The van der Waals surface area contributed by atoms with Crippen molar-refractivity contribution in [3.8, 4) is 5.75 Å². The summed E-state index contributed by atoms with van der Waals surface area (Å²) in [6.45, 7) is 4.32. The molecule has 2 rings (SSSR count). The normalized spacial score (nSPS) is 26.5. The molecule has 0 amide bonds. The highest BCUT2D eigenvalue weighted by Gasteiger charge is 2.29. The molecule has 1 fully saturated rings. The number of anilines is 1. The number of sulfonamides is 1. The molecule has 1 aromatic rings. The van der Waals surface area contributed by atoms with E-state index in [1.54, 1.807) is 6.07 Å². The van der Waals surface area contributed by atoms with Gasteiger partial charge in [-0.3, -0.25) is 0 Å². The fraction of sp³-hybridized carbons (Fsp3) is 0.600. The molecule has 0 spiro atoms. The van der Waals surface area contributed by atoms with Gasteiger partial charge in [-0.25, -0.2) is 13.1 Å². The fourth-order valence-electron chi connectivity index (χ4n) is 2.97. The second-order valence-corrected chi connectivity index (χ2v) is 7.74. The molecule has 1 aliphatic carbocycles. The highest BCUT2D eigenvalue weighted by Crippen LogP contribution is 2.30. The molecule has 21 heavy (non-hydrogen) atoms. The van der Waals surface area contributed by atoms with Gasteiger partial charge in [0.15, 0.2) is 0 Å². The molecular formula is C15H24N2O3S. The zero-order chi connectivity index (χ0) is 15.6. The van der Waals surface area contributed by atoms with Crippen LogP contribution in [0.3, 0.4) is 0 Å². The highest BCUT2D eigenvalue weighted by atomic mass is 32.2. The van der Waals surface area contributed by atoms with Gasteiger partial charge >= 0.3 is 0 Å². The van der Waals surface area contributed by atoms with Gasteiger partial charge in [0.1, 0.15) is 5.75 Å². The molecule has 0 aromatic heterocycles. The Morgan fingerprint density at radius 3 is 2.62 bits per heavy atom. The number of hydrogen-bond acceptors (Lipinski definition) is 4. The second kappa shape index (κ2) is 6.23. The Bertz CT molecular complexity index is 601. The molecule has 3 N–H and O–H groups in total. The molecule has 5 nitrogen and oxygen atoms in total. The van der Waals surface area contributed by atoms with Gasteiger partial charge in [-0.15, -0.1) is 0 Å². The van der Waals surface area contributed by atoms with Crippen molar-refractivity contribution >= 4 is 15.7 Å². The summed E-state index contributed by atoms with van der Waals surface area (Å²) in [5, 5.41) is 0. The highest BCUT2D eigenvalue weighted by molar-refractivity contribution is 7.89. The van der Waals surface area contributed by atoms with Crippen LogP contribution in [0.2, 0.25) is 0 Å². The Hall–Kier alpha value is -1.27. The topological polar surface area (TPSA) is 81.4 Å². The minimum absolute atomic E-state index is 0.00486. The predicted molar refractivity (Wildman–Crippen MR) is 83.7 cm³/mol. The number of nitrogen functional groups attached to an aromatic ring is 1. The van der Waals surface area contributed by atoms with Crippen LogP contribution in [0.5, 0.6) is 5.75 Å². The van der Waals surface area contributed by atoms with Crippen molar-refractivity contribution in [3.63, 3.8) is 0 Å². The van der Waals surface area contributed by atoms with E-state index in [1.807, 2.05) is 0 Å². The number of nitrogens with one attached hydrogen (secondary N) is 1. The van der Waals surface area contributed by atoms with E-state index in [1.165, 1.54) is 19.2 Å². The van der Waals surface area contributed by atoms with Crippen LogP contribution in [0.1, 0.15) is 33.1 Å². The number of rotatable bonds is 4. The van der Waals surface area contributed by atoms with Gasteiger partial charge in [-0.2, -0.15) is 0 Å². The number of methoxy groups -OCH3 is 1. The third kappa shape index (κ3) is 3.68. The molecule has 0 bridgehead atoms. The van der Waals surface area contributed by atoms with E-state index in [0.717, 1.165) is 19.3 Å². The van der Waals surface area contributed by atoms with E-state index < -0.39 is 10.0 Å². The summed E-state index contributed by atoms with van der Waals surface area (Å²) >= 11 is 0. The first-order chi connectivity index (χ1) is 9.83. The van der Waals surface area contributed by atoms with Crippen LogP contribution in [-0.4, -0.2) is 21.6 Å². The van der Waals surface area contributed by atoms with Gasteiger partial charge in [0.05, 0.1) is 17.7 Å². The predicted octanol–water partition coefficient (Wildman–Crippen LogP) is 2.38. The van der Waals surface area contributed by atoms with E-state index in [9.17, 15) is 8.42 Å². The number of hydrogen-bond donors (Lipinski definition) is 2. The first kappa shape index (κ1) is 16.1. The van der Waals surface area contributed by atoms with Gasteiger partial charge < -0.3 is 10.5 Å². The Balaban J connectivity index is 2.18. The summed E-state index contributed by atoms with van der Waals surface area (Å²) < 4.78 is 32.9. The van der Waals surface area contributed by atoms with Crippen molar-refractivity contribution in [3.05, 3.63) is 18.2 Å². The molecule has 6 heteroatoms. The van der Waals surface area contributed by atoms with Crippen LogP contribution in [0, 0.1) is 11.8 Å². The Kier molecular flexibility index (Phi) is 4.78. The molecule has 0 radical (unpaired) electrons. The first-order valence-electron chi connectivity index (χ1n) is 7.29. The lowest BCUT2D eigenvalue weighted by atomic mass is 9.80. The standard InChI is InChI=1S/C15H24N2O3S/c1-10-4-7-14(11(2)8-10)17-21(18,19)12-5-6-13(16)15(9-12)20-3/h5-6,9-11,14,17H,4,7-8,16H2,1-3H3. The molecule has 0 heterocycles. The molecule has 3 atom stereocenters. The van der Waals surface area contributed by atoms with Gasteiger partial charge in [-0.05, 0) is 43.2 Å². The average Bonchev–Trinajstić information content (AvgIpc) is 2.42. The maximum absolute atomic E-state index is 12.5. The van der Waals surface area contributed by atoms with Crippen LogP contribution in [0.25, 0.3) is 0 Å². The summed E-state index contributed by atoms with van der Waals surface area (Å²) in [5.41, 5.74) is 6.15. The maximum Gasteiger partial charge on any atom is 0.240 e. The van der Waals surface area contributed by atoms with Gasteiger partial charge in [0, 0.05) is 12.1 Å². The summed E-state index contributed by atoms with van der Waals surface area (Å²) in [7, 11) is -2.07. The van der Waals surface area contributed by atoms with E-state index in [2.05, 4.69) is 18.6 Å². The number of nitrogens with two attached hydrogens (primary N) is 1. The molecule has 0 saturated heterocycles. The van der Waals surface area contributed by atoms with Crippen LogP contribution < -0.4 is 15.2 Å². The van der Waals surface area contributed by atoms with Crippen molar-refractivity contribution in [2.24, 2.45) is 11.8 Å². The lowest BCUT2D eigenvalue weighted by Gasteiger charge is -2.32. The van der Waals surface area contributed by atoms with Crippen molar-refractivity contribution < 1.29 is 13.2 Å². The van der Waals surface area contributed by atoms with Crippen molar-refractivity contribution in [2.45, 2.75) is 44.0 Å². The number of ether oxygens (including phenoxy) is 1. The maximum atomic E-state index is 12.5. The SMILES string of the molecule is COc1cc(S(=O)(=O)NC2CCC(C)CC2C)ccc1N. The Labute approximate surface area is 126 Å². The van der Waals surface area contributed by atoms with E-state index >= 15 is 0 Å². The molecular weight excluding hydrogens is 288 g/mol. The van der Waals surface area contributed by atoms with Gasteiger partial charge in [0.25, 0.3) is 0 Å². The van der Waals surface area contributed by atoms with Crippen molar-refractivity contribution in [2.75, 3.05) is 12.8 Å². The summed E-state index contributed by atoms with van der Waals surface area (Å²) in [5.74, 6) is 1.39. The third-order valence-corrected chi connectivity index (χ3v) is 5.74. The Morgan fingerprint density at radius 2 is 2.00 bits per heavy atom. The summed E-state index contributed by atoms with van der Waals surface area (Å²) in [6.07, 6.45) is 2.99. The first-order valence-corrected chi connectivity index (χ1v) is 8.77.